The quantitative estimate of drug-likeness (QED) is 0.933. The molecule has 1 N–H and O–H groups in total. The molecule has 0 saturated carbocycles. The Balaban J connectivity index is 1.70. The number of alkyl halides is 3. The molecule has 1 aromatic carbocycles. The summed E-state index contributed by atoms with van der Waals surface area (Å²) in [6.07, 6.45) is -2.87. The van der Waals surface area contributed by atoms with E-state index < -0.39 is 11.7 Å². The van der Waals surface area contributed by atoms with Gasteiger partial charge in [0.1, 0.15) is 18.0 Å². The second kappa shape index (κ2) is 6.64. The molecule has 1 aromatic heterocycles. The van der Waals surface area contributed by atoms with Gasteiger partial charge < -0.3 is 15.1 Å². The Hall–Kier alpha value is -2.35. The Morgan fingerprint density at radius 1 is 1.00 bits per heavy atom. The van der Waals surface area contributed by atoms with E-state index in [1.54, 1.807) is 0 Å². The summed E-state index contributed by atoms with van der Waals surface area (Å²) in [6, 6.07) is 6.68. The van der Waals surface area contributed by atoms with Gasteiger partial charge in [0.15, 0.2) is 0 Å². The summed E-state index contributed by atoms with van der Waals surface area (Å²) in [5.41, 5.74) is -0.125. The molecule has 24 heavy (non-hydrogen) atoms. The lowest BCUT2D eigenvalue weighted by Gasteiger charge is -2.33. The van der Waals surface area contributed by atoms with Crippen LogP contribution >= 0.6 is 0 Å². The number of halogens is 3. The van der Waals surface area contributed by atoms with E-state index in [0.29, 0.717) is 11.5 Å². The number of hydrogen-bond acceptors (Lipinski definition) is 5. The molecule has 5 nitrogen and oxygen atoms in total. The van der Waals surface area contributed by atoms with Crippen molar-refractivity contribution >= 4 is 17.3 Å². The van der Waals surface area contributed by atoms with Crippen molar-refractivity contribution < 1.29 is 13.2 Å². The average molecular weight is 337 g/mol. The fourth-order valence-corrected chi connectivity index (χ4v) is 2.51. The van der Waals surface area contributed by atoms with Crippen LogP contribution < -0.4 is 10.2 Å². The smallest absolute Gasteiger partial charge is 0.354 e. The average Bonchev–Trinajstić information content (AvgIpc) is 2.55. The number of rotatable bonds is 3. The zero-order valence-electron chi connectivity index (χ0n) is 13.2. The van der Waals surface area contributed by atoms with Gasteiger partial charge in [-0.25, -0.2) is 9.97 Å². The first kappa shape index (κ1) is 16.5. The van der Waals surface area contributed by atoms with Crippen molar-refractivity contribution in [2.75, 3.05) is 43.4 Å². The lowest BCUT2D eigenvalue weighted by Crippen LogP contribution is -2.44. The minimum atomic E-state index is -4.33. The van der Waals surface area contributed by atoms with Crippen molar-refractivity contribution in [1.82, 2.24) is 14.9 Å². The molecule has 1 fully saturated rings. The fourth-order valence-electron chi connectivity index (χ4n) is 2.51. The van der Waals surface area contributed by atoms with E-state index in [-0.39, 0.29) is 0 Å². The summed E-state index contributed by atoms with van der Waals surface area (Å²) >= 11 is 0. The highest BCUT2D eigenvalue weighted by atomic mass is 19.4. The van der Waals surface area contributed by atoms with Gasteiger partial charge in [-0.05, 0) is 31.3 Å². The van der Waals surface area contributed by atoms with Crippen LogP contribution in [-0.4, -0.2) is 48.1 Å². The number of benzene rings is 1. The largest absolute Gasteiger partial charge is 0.416 e. The summed E-state index contributed by atoms with van der Waals surface area (Å²) in [7, 11) is 2.08. The summed E-state index contributed by atoms with van der Waals surface area (Å²) < 4.78 is 37.7. The molecule has 1 saturated heterocycles. The molecule has 0 aliphatic carbocycles. The molecular formula is C16H18F3N5. The minimum absolute atomic E-state index is 0.547. The van der Waals surface area contributed by atoms with Crippen LogP contribution in [0.25, 0.3) is 0 Å². The van der Waals surface area contributed by atoms with Gasteiger partial charge in [-0.2, -0.15) is 13.2 Å². The van der Waals surface area contributed by atoms with Crippen molar-refractivity contribution in [1.29, 1.82) is 0 Å². The van der Waals surface area contributed by atoms with Crippen LogP contribution in [0.15, 0.2) is 36.7 Å². The van der Waals surface area contributed by atoms with Crippen LogP contribution in [0.5, 0.6) is 0 Å². The number of nitrogens with one attached hydrogen (secondary N) is 1. The number of hydrogen-bond donors (Lipinski definition) is 1. The number of aromatic nitrogens is 2. The van der Waals surface area contributed by atoms with Gasteiger partial charge in [-0.3, -0.25) is 0 Å². The predicted molar refractivity (Wildman–Crippen MR) is 86.5 cm³/mol. The number of nitrogens with zero attached hydrogens (tertiary/aromatic N) is 4. The van der Waals surface area contributed by atoms with Crippen molar-refractivity contribution in [2.45, 2.75) is 6.18 Å². The monoisotopic (exact) mass is 337 g/mol. The zero-order valence-corrected chi connectivity index (χ0v) is 13.2. The maximum absolute atomic E-state index is 12.6. The van der Waals surface area contributed by atoms with Gasteiger partial charge in [-0.15, -0.1) is 0 Å². The van der Waals surface area contributed by atoms with Gasteiger partial charge in [0.2, 0.25) is 0 Å². The molecule has 0 amide bonds. The maximum Gasteiger partial charge on any atom is 0.416 e. The fraction of sp³-hybridized carbons (Fsp3) is 0.375. The highest BCUT2D eigenvalue weighted by Crippen LogP contribution is 2.30. The van der Waals surface area contributed by atoms with Crippen LogP contribution in [0.1, 0.15) is 5.56 Å². The van der Waals surface area contributed by atoms with E-state index in [4.69, 9.17) is 0 Å². The summed E-state index contributed by atoms with van der Waals surface area (Å²) in [6.45, 7) is 3.69. The maximum atomic E-state index is 12.6. The molecule has 0 bridgehead atoms. The number of piperazine rings is 1. The second-order valence-corrected chi connectivity index (χ2v) is 5.75. The molecule has 1 aliphatic rings. The Kier molecular flexibility index (Phi) is 4.57. The van der Waals surface area contributed by atoms with Gasteiger partial charge in [0.25, 0.3) is 0 Å². The van der Waals surface area contributed by atoms with E-state index >= 15 is 0 Å². The summed E-state index contributed by atoms with van der Waals surface area (Å²) in [4.78, 5) is 12.8. The summed E-state index contributed by atoms with van der Waals surface area (Å²) in [5, 5.41) is 3.02. The number of likely N-dealkylation sites (N-methyl/N-ethyl adjacent to an activating group) is 1. The van der Waals surface area contributed by atoms with E-state index in [0.717, 1.165) is 44.1 Å². The first-order valence-electron chi connectivity index (χ1n) is 7.62. The third kappa shape index (κ3) is 3.94. The van der Waals surface area contributed by atoms with Crippen molar-refractivity contribution in [3.8, 4) is 0 Å². The van der Waals surface area contributed by atoms with Gasteiger partial charge >= 0.3 is 6.18 Å². The number of anilines is 3. The Bertz CT molecular complexity index is 679. The molecule has 8 heteroatoms. The Morgan fingerprint density at radius 3 is 2.29 bits per heavy atom. The first-order chi connectivity index (χ1) is 11.4. The predicted octanol–water partition coefficient (Wildman–Crippen LogP) is 2.99. The van der Waals surface area contributed by atoms with Gasteiger partial charge in [0, 0.05) is 37.9 Å². The van der Waals surface area contributed by atoms with E-state index in [1.165, 1.54) is 18.5 Å². The normalized spacial score (nSPS) is 16.2. The molecule has 0 radical (unpaired) electrons. The third-order valence-corrected chi connectivity index (χ3v) is 3.96. The molecule has 0 spiro atoms. The topological polar surface area (TPSA) is 44.3 Å². The lowest BCUT2D eigenvalue weighted by molar-refractivity contribution is -0.137. The van der Waals surface area contributed by atoms with Crippen LogP contribution in [0.3, 0.4) is 0 Å². The van der Waals surface area contributed by atoms with Crippen molar-refractivity contribution in [3.05, 3.63) is 42.2 Å². The van der Waals surface area contributed by atoms with Crippen molar-refractivity contribution in [2.24, 2.45) is 0 Å². The first-order valence-corrected chi connectivity index (χ1v) is 7.62. The van der Waals surface area contributed by atoms with Crippen LogP contribution in [0, 0.1) is 0 Å². The molecule has 1 aliphatic heterocycles. The highest BCUT2D eigenvalue weighted by molar-refractivity contribution is 5.59. The third-order valence-electron chi connectivity index (χ3n) is 3.96. The highest BCUT2D eigenvalue weighted by Gasteiger charge is 2.29. The Labute approximate surface area is 138 Å². The van der Waals surface area contributed by atoms with Crippen LogP contribution in [-0.2, 0) is 6.18 Å². The van der Waals surface area contributed by atoms with Gasteiger partial charge in [-0.1, -0.05) is 0 Å². The minimum Gasteiger partial charge on any atom is -0.354 e. The van der Waals surface area contributed by atoms with Crippen LogP contribution in [0.4, 0.5) is 30.5 Å². The zero-order chi connectivity index (χ0) is 17.2. The molecular weight excluding hydrogens is 319 g/mol. The molecule has 128 valence electrons. The van der Waals surface area contributed by atoms with Gasteiger partial charge in [0.05, 0.1) is 5.56 Å². The van der Waals surface area contributed by atoms with E-state index in [1.807, 2.05) is 6.07 Å². The SMILES string of the molecule is CN1CCN(c2cc(Nc3ccc(C(F)(F)F)cc3)ncn2)CC1. The second-order valence-electron chi connectivity index (χ2n) is 5.75. The molecule has 3 rings (SSSR count). The Morgan fingerprint density at radius 2 is 1.67 bits per heavy atom. The summed E-state index contributed by atoms with van der Waals surface area (Å²) in [5.74, 6) is 1.37. The molecule has 2 aromatic rings. The van der Waals surface area contributed by atoms with E-state index in [2.05, 4.69) is 32.1 Å². The molecule has 0 unspecified atom stereocenters. The molecule has 0 atom stereocenters. The van der Waals surface area contributed by atoms with Crippen LogP contribution in [0.2, 0.25) is 0 Å². The molecule has 2 heterocycles. The van der Waals surface area contributed by atoms with E-state index in [9.17, 15) is 13.2 Å². The lowest BCUT2D eigenvalue weighted by atomic mass is 10.2. The standard InChI is InChI=1S/C16H18F3N5/c1-23-6-8-24(9-7-23)15-10-14(20-11-21-15)22-13-4-2-12(3-5-13)16(17,18)19/h2-5,10-11H,6-9H2,1H3,(H,20,21,22). The van der Waals surface area contributed by atoms with Crippen molar-refractivity contribution in [3.63, 3.8) is 0 Å².